The molecular weight excluding hydrogens is 471 g/mol. The molecule has 3 aliphatic rings. The summed E-state index contributed by atoms with van der Waals surface area (Å²) in [4.78, 5) is 5.13. The molecule has 2 aromatic rings. The van der Waals surface area contributed by atoms with Crippen LogP contribution in [0.1, 0.15) is 49.7 Å². The average Bonchev–Trinajstić information content (AvgIpc) is 2.82. The highest BCUT2D eigenvalue weighted by Gasteiger charge is 2.36. The Bertz CT molecular complexity index is 1070. The number of phenolic OH excluding ortho intramolecular Hbond substituents is 1. The molecule has 196 valence electrons. The monoisotopic (exact) mass is 505 g/mol. The topological polar surface area (TPSA) is 84.8 Å². The lowest BCUT2D eigenvalue weighted by atomic mass is 9.86. The van der Waals surface area contributed by atoms with Gasteiger partial charge in [0.15, 0.2) is 0 Å². The van der Waals surface area contributed by atoms with Gasteiger partial charge in [-0.3, -0.25) is 4.90 Å². The highest BCUT2D eigenvalue weighted by molar-refractivity contribution is 5.70. The number of aromatic nitrogens is 2. The molecule has 1 aliphatic carbocycles. The molecule has 1 aromatic carbocycles. The minimum absolute atomic E-state index is 0.108. The zero-order valence-corrected chi connectivity index (χ0v) is 20.5. The van der Waals surface area contributed by atoms with E-state index in [-0.39, 0.29) is 17.7 Å². The van der Waals surface area contributed by atoms with Crippen molar-refractivity contribution in [2.24, 2.45) is 0 Å². The van der Waals surface area contributed by atoms with E-state index in [1.807, 2.05) is 13.0 Å². The normalized spacial score (nSPS) is 26.5. The maximum absolute atomic E-state index is 12.9. The van der Waals surface area contributed by atoms with Crippen LogP contribution in [0.3, 0.4) is 0 Å². The number of piperidine rings is 2. The van der Waals surface area contributed by atoms with Crippen LogP contribution in [0.25, 0.3) is 11.3 Å². The molecule has 36 heavy (non-hydrogen) atoms. The van der Waals surface area contributed by atoms with Crippen molar-refractivity contribution < 1.29 is 23.4 Å². The standard InChI is InChI=1S/C26H34F3N5O2/c1-16-11-24(31-32-25(16)22-5-4-17(12-23(22)36)26(27,28)29)30-18-3-2-8-34(15-18)19-6-9-33(10-7-19)20-13-21(35)14-20/h4-5,11-12,18-21,35-36H,2-3,6-10,13-15H2,1H3,(H,30,31)/t18-,20?,21?/m1/s1. The van der Waals surface area contributed by atoms with E-state index in [0.29, 0.717) is 23.6 Å². The van der Waals surface area contributed by atoms with Gasteiger partial charge in [-0.05, 0) is 94.9 Å². The molecule has 10 heteroatoms. The van der Waals surface area contributed by atoms with Gasteiger partial charge in [0.05, 0.1) is 17.4 Å². The minimum Gasteiger partial charge on any atom is -0.507 e. The summed E-state index contributed by atoms with van der Waals surface area (Å²) in [5.74, 6) is 0.165. The number of phenols is 1. The molecule has 0 amide bonds. The fourth-order valence-electron chi connectivity index (χ4n) is 5.87. The summed E-state index contributed by atoms with van der Waals surface area (Å²) < 4.78 is 38.8. The van der Waals surface area contributed by atoms with Gasteiger partial charge < -0.3 is 20.4 Å². The van der Waals surface area contributed by atoms with E-state index in [0.717, 1.165) is 82.4 Å². The van der Waals surface area contributed by atoms with Crippen LogP contribution in [-0.4, -0.2) is 80.6 Å². The summed E-state index contributed by atoms with van der Waals surface area (Å²) in [5, 5.41) is 31.8. The van der Waals surface area contributed by atoms with Crippen LogP contribution in [-0.2, 0) is 6.18 Å². The third-order valence-electron chi connectivity index (χ3n) is 7.99. The van der Waals surface area contributed by atoms with Crippen LogP contribution in [0.4, 0.5) is 19.0 Å². The van der Waals surface area contributed by atoms with Crippen molar-refractivity contribution in [3.8, 4) is 17.0 Å². The number of likely N-dealkylation sites (tertiary alicyclic amines) is 2. The predicted octanol–water partition coefficient (Wildman–Crippen LogP) is 4.04. The molecular formula is C26H34F3N5O2. The molecule has 3 N–H and O–H groups in total. The highest BCUT2D eigenvalue weighted by Crippen LogP contribution is 2.37. The van der Waals surface area contributed by atoms with Gasteiger partial charge in [0.1, 0.15) is 11.6 Å². The Morgan fingerprint density at radius 2 is 1.72 bits per heavy atom. The molecule has 1 atom stereocenters. The Hall–Kier alpha value is -2.43. The second-order valence-electron chi connectivity index (χ2n) is 10.5. The van der Waals surface area contributed by atoms with Crippen molar-refractivity contribution in [1.29, 1.82) is 0 Å². The lowest BCUT2D eigenvalue weighted by Crippen LogP contribution is -2.55. The smallest absolute Gasteiger partial charge is 0.416 e. The summed E-state index contributed by atoms with van der Waals surface area (Å²) in [7, 11) is 0. The quantitative estimate of drug-likeness (QED) is 0.566. The van der Waals surface area contributed by atoms with Crippen molar-refractivity contribution in [2.45, 2.75) is 75.9 Å². The van der Waals surface area contributed by atoms with Gasteiger partial charge >= 0.3 is 6.18 Å². The molecule has 5 rings (SSSR count). The third kappa shape index (κ3) is 5.45. The van der Waals surface area contributed by atoms with E-state index in [1.54, 1.807) is 0 Å². The molecule has 1 aromatic heterocycles. The first-order valence-corrected chi connectivity index (χ1v) is 12.8. The molecule has 1 saturated carbocycles. The Morgan fingerprint density at radius 3 is 2.36 bits per heavy atom. The maximum atomic E-state index is 12.9. The van der Waals surface area contributed by atoms with E-state index in [2.05, 4.69) is 25.3 Å². The van der Waals surface area contributed by atoms with Gasteiger partial charge in [-0.25, -0.2) is 0 Å². The van der Waals surface area contributed by atoms with Crippen LogP contribution in [0.5, 0.6) is 5.75 Å². The zero-order valence-electron chi connectivity index (χ0n) is 20.5. The molecule has 0 bridgehead atoms. The van der Waals surface area contributed by atoms with Crippen molar-refractivity contribution in [3.05, 3.63) is 35.4 Å². The number of alkyl halides is 3. The van der Waals surface area contributed by atoms with Crippen molar-refractivity contribution in [2.75, 3.05) is 31.5 Å². The molecule has 0 radical (unpaired) electrons. The van der Waals surface area contributed by atoms with E-state index in [9.17, 15) is 23.4 Å². The Kier molecular flexibility index (Phi) is 7.11. The molecule has 0 spiro atoms. The SMILES string of the molecule is Cc1cc(N[C@@H]2CCCN(C3CCN(C4CC(O)C4)CC3)C2)nnc1-c1ccc(C(F)(F)F)cc1O. The Balaban J connectivity index is 1.18. The summed E-state index contributed by atoms with van der Waals surface area (Å²) in [6, 6.07) is 6.12. The maximum Gasteiger partial charge on any atom is 0.416 e. The van der Waals surface area contributed by atoms with Crippen LogP contribution in [0.15, 0.2) is 24.3 Å². The molecule has 0 unspecified atom stereocenters. The number of aliphatic hydroxyl groups is 1. The number of aliphatic hydroxyl groups excluding tert-OH is 1. The van der Waals surface area contributed by atoms with Crippen LogP contribution in [0.2, 0.25) is 0 Å². The van der Waals surface area contributed by atoms with Crippen molar-refractivity contribution >= 4 is 5.82 Å². The van der Waals surface area contributed by atoms with Crippen LogP contribution >= 0.6 is 0 Å². The second kappa shape index (κ2) is 10.1. The van der Waals surface area contributed by atoms with Gasteiger partial charge in [0.2, 0.25) is 0 Å². The van der Waals surface area contributed by atoms with Crippen molar-refractivity contribution in [3.63, 3.8) is 0 Å². The first-order chi connectivity index (χ1) is 17.2. The number of benzene rings is 1. The minimum atomic E-state index is -4.52. The van der Waals surface area contributed by atoms with Crippen LogP contribution < -0.4 is 5.32 Å². The first kappa shape index (κ1) is 25.2. The van der Waals surface area contributed by atoms with Gasteiger partial charge in [-0.1, -0.05) is 0 Å². The van der Waals surface area contributed by atoms with Crippen LogP contribution in [0, 0.1) is 6.92 Å². The predicted molar refractivity (Wildman–Crippen MR) is 131 cm³/mol. The Morgan fingerprint density at radius 1 is 0.972 bits per heavy atom. The number of hydrogen-bond donors (Lipinski definition) is 3. The highest BCUT2D eigenvalue weighted by atomic mass is 19.4. The van der Waals surface area contributed by atoms with E-state index < -0.39 is 17.5 Å². The van der Waals surface area contributed by atoms with E-state index >= 15 is 0 Å². The summed E-state index contributed by atoms with van der Waals surface area (Å²) in [5.41, 5.74) is 0.416. The molecule has 3 heterocycles. The van der Waals surface area contributed by atoms with Gasteiger partial charge in [-0.2, -0.15) is 13.2 Å². The molecule has 3 fully saturated rings. The van der Waals surface area contributed by atoms with Gasteiger partial charge in [0, 0.05) is 30.2 Å². The summed E-state index contributed by atoms with van der Waals surface area (Å²) in [6.07, 6.45) is 1.66. The molecule has 7 nitrogen and oxygen atoms in total. The van der Waals surface area contributed by atoms with E-state index in [1.165, 1.54) is 6.07 Å². The Labute approximate surface area is 209 Å². The van der Waals surface area contributed by atoms with Gasteiger partial charge in [0.25, 0.3) is 0 Å². The average molecular weight is 506 g/mol. The first-order valence-electron chi connectivity index (χ1n) is 12.8. The van der Waals surface area contributed by atoms with Crippen molar-refractivity contribution in [1.82, 2.24) is 20.0 Å². The lowest BCUT2D eigenvalue weighted by Gasteiger charge is -2.47. The lowest BCUT2D eigenvalue weighted by molar-refractivity contribution is -0.137. The summed E-state index contributed by atoms with van der Waals surface area (Å²) in [6.45, 7) is 6.05. The van der Waals surface area contributed by atoms with E-state index in [4.69, 9.17) is 0 Å². The number of halogens is 3. The number of hydrogen-bond acceptors (Lipinski definition) is 7. The van der Waals surface area contributed by atoms with Gasteiger partial charge in [-0.15, -0.1) is 10.2 Å². The summed E-state index contributed by atoms with van der Waals surface area (Å²) >= 11 is 0. The number of nitrogens with zero attached hydrogens (tertiary/aromatic N) is 4. The molecule has 2 aliphatic heterocycles. The fraction of sp³-hybridized carbons (Fsp3) is 0.615. The molecule has 2 saturated heterocycles. The number of nitrogens with one attached hydrogen (secondary N) is 1. The number of anilines is 1. The fourth-order valence-corrected chi connectivity index (χ4v) is 5.87. The number of aromatic hydroxyl groups is 1. The number of rotatable bonds is 5. The second-order valence-corrected chi connectivity index (χ2v) is 10.5. The largest absolute Gasteiger partial charge is 0.507 e. The zero-order chi connectivity index (χ0) is 25.4. The number of aryl methyl sites for hydroxylation is 1. The third-order valence-corrected chi connectivity index (χ3v) is 7.99.